The molecule has 2 N–H and O–H groups in total. The highest BCUT2D eigenvalue weighted by Crippen LogP contribution is 2.24. The standard InChI is InChI=1S/2C17H25NO3.2ClH/c2*1-12(13-8-6-5-7-9-13)18-15-11-20-10-14(15)16(19)21-17(2,3)4;;/h2*5-9,12,14-15,18H,10-11H2,1-4H3;2*1H/t2*12-,14+,15+;;/m10../s1. The van der Waals surface area contributed by atoms with Crippen molar-refractivity contribution in [3.63, 3.8) is 0 Å². The van der Waals surface area contributed by atoms with Gasteiger partial charge in [-0.15, -0.1) is 24.8 Å². The fourth-order valence-electron chi connectivity index (χ4n) is 4.97. The van der Waals surface area contributed by atoms with Crippen molar-refractivity contribution >= 4 is 36.8 Å². The van der Waals surface area contributed by atoms with E-state index in [1.54, 1.807) is 0 Å². The number of rotatable bonds is 8. The molecule has 2 aliphatic heterocycles. The predicted molar refractivity (Wildman–Crippen MR) is 178 cm³/mol. The molecule has 10 heteroatoms. The number of hydrogen-bond acceptors (Lipinski definition) is 8. The van der Waals surface area contributed by atoms with Crippen LogP contribution < -0.4 is 10.6 Å². The van der Waals surface area contributed by atoms with Gasteiger partial charge in [-0.05, 0) is 66.5 Å². The first-order valence-corrected chi connectivity index (χ1v) is 15.0. The molecule has 0 spiro atoms. The van der Waals surface area contributed by atoms with Crippen LogP contribution in [0.5, 0.6) is 0 Å². The van der Waals surface area contributed by atoms with Crippen molar-refractivity contribution in [1.82, 2.24) is 10.6 Å². The number of carbonyl (C=O) groups excluding carboxylic acids is 2. The quantitative estimate of drug-likeness (QED) is 0.324. The van der Waals surface area contributed by atoms with Gasteiger partial charge in [-0.1, -0.05) is 60.7 Å². The Morgan fingerprint density at radius 1 is 0.636 bits per heavy atom. The summed E-state index contributed by atoms with van der Waals surface area (Å²) in [7, 11) is 0. The summed E-state index contributed by atoms with van der Waals surface area (Å²) in [6.07, 6.45) is 0. The molecule has 2 aliphatic rings. The lowest BCUT2D eigenvalue weighted by Gasteiger charge is -2.26. The Morgan fingerprint density at radius 3 is 1.25 bits per heavy atom. The second-order valence-electron chi connectivity index (χ2n) is 13.2. The summed E-state index contributed by atoms with van der Waals surface area (Å²) < 4.78 is 21.9. The van der Waals surface area contributed by atoms with E-state index >= 15 is 0 Å². The first-order valence-electron chi connectivity index (χ1n) is 15.0. The molecule has 44 heavy (non-hydrogen) atoms. The van der Waals surface area contributed by atoms with Crippen LogP contribution in [0, 0.1) is 11.8 Å². The van der Waals surface area contributed by atoms with Crippen molar-refractivity contribution < 1.29 is 28.5 Å². The van der Waals surface area contributed by atoms with Crippen molar-refractivity contribution in [2.75, 3.05) is 26.4 Å². The molecule has 6 atom stereocenters. The van der Waals surface area contributed by atoms with Crippen LogP contribution in [0.15, 0.2) is 60.7 Å². The van der Waals surface area contributed by atoms with Crippen LogP contribution in [0.4, 0.5) is 0 Å². The normalized spacial score (nSPS) is 22.7. The SMILES string of the molecule is C[C@@H](N[C@H]1COC[C@@H]1C(=O)OC(C)(C)C)c1ccccc1.C[C@H](N[C@@H]1COC[C@H]1C(=O)OC(C)(C)C)c1ccccc1.Cl.Cl. The van der Waals surface area contributed by atoms with Gasteiger partial charge in [-0.3, -0.25) is 9.59 Å². The van der Waals surface area contributed by atoms with Crippen LogP contribution in [0.25, 0.3) is 0 Å². The second kappa shape index (κ2) is 18.1. The van der Waals surface area contributed by atoms with Crippen molar-refractivity contribution in [2.45, 2.75) is 90.8 Å². The Kier molecular flexibility index (Phi) is 16.4. The molecule has 2 fully saturated rings. The molecular weight excluding hydrogens is 603 g/mol. The van der Waals surface area contributed by atoms with Crippen molar-refractivity contribution in [3.8, 4) is 0 Å². The van der Waals surface area contributed by atoms with Gasteiger partial charge in [0.2, 0.25) is 0 Å². The number of esters is 2. The zero-order valence-corrected chi connectivity index (χ0v) is 29.0. The first kappa shape index (κ1) is 39.8. The van der Waals surface area contributed by atoms with E-state index in [0.29, 0.717) is 26.4 Å². The van der Waals surface area contributed by atoms with Crippen LogP contribution in [0.3, 0.4) is 0 Å². The largest absolute Gasteiger partial charge is 0.460 e. The number of nitrogens with one attached hydrogen (secondary N) is 2. The number of hydrogen-bond donors (Lipinski definition) is 2. The highest BCUT2D eigenvalue weighted by Gasteiger charge is 2.38. The van der Waals surface area contributed by atoms with Crippen LogP contribution in [-0.4, -0.2) is 61.7 Å². The summed E-state index contributed by atoms with van der Waals surface area (Å²) >= 11 is 0. The molecule has 0 amide bonds. The fourth-order valence-corrected chi connectivity index (χ4v) is 4.97. The van der Waals surface area contributed by atoms with E-state index in [9.17, 15) is 9.59 Å². The van der Waals surface area contributed by atoms with Gasteiger partial charge in [0.05, 0.1) is 38.3 Å². The Hall–Kier alpha value is -2.20. The van der Waals surface area contributed by atoms with Gasteiger partial charge in [0.15, 0.2) is 0 Å². The molecule has 2 heterocycles. The third-order valence-corrected chi connectivity index (χ3v) is 7.11. The zero-order valence-electron chi connectivity index (χ0n) is 27.3. The van der Waals surface area contributed by atoms with Gasteiger partial charge in [-0.2, -0.15) is 0 Å². The average molecular weight is 656 g/mol. The molecule has 0 aromatic heterocycles. The third kappa shape index (κ3) is 13.0. The van der Waals surface area contributed by atoms with Gasteiger partial charge in [0.25, 0.3) is 0 Å². The van der Waals surface area contributed by atoms with Gasteiger partial charge in [0, 0.05) is 24.2 Å². The number of halogens is 2. The minimum Gasteiger partial charge on any atom is -0.460 e. The summed E-state index contributed by atoms with van der Waals surface area (Å²) in [6, 6.07) is 20.7. The lowest BCUT2D eigenvalue weighted by molar-refractivity contribution is -0.161. The van der Waals surface area contributed by atoms with Gasteiger partial charge < -0.3 is 29.6 Å². The van der Waals surface area contributed by atoms with Crippen LogP contribution in [0.1, 0.15) is 78.6 Å². The molecule has 0 radical (unpaired) electrons. The van der Waals surface area contributed by atoms with E-state index in [1.165, 1.54) is 11.1 Å². The molecule has 0 aliphatic carbocycles. The first-order chi connectivity index (χ1) is 19.7. The predicted octanol–water partition coefficient (Wildman–Crippen LogP) is 6.23. The molecule has 0 bridgehead atoms. The van der Waals surface area contributed by atoms with Crippen LogP contribution >= 0.6 is 24.8 Å². The summed E-state index contributed by atoms with van der Waals surface area (Å²) in [6.45, 7) is 17.4. The summed E-state index contributed by atoms with van der Waals surface area (Å²) in [4.78, 5) is 24.5. The van der Waals surface area contributed by atoms with E-state index in [2.05, 4.69) is 48.7 Å². The number of benzene rings is 2. The molecular formula is C34H52Cl2N2O6. The lowest BCUT2D eigenvalue weighted by atomic mass is 10.0. The number of carbonyl (C=O) groups is 2. The molecule has 0 saturated carbocycles. The van der Waals surface area contributed by atoms with Crippen molar-refractivity contribution in [1.29, 1.82) is 0 Å². The van der Waals surface area contributed by atoms with E-state index in [4.69, 9.17) is 18.9 Å². The minimum absolute atomic E-state index is 0. The van der Waals surface area contributed by atoms with Crippen LogP contribution in [-0.2, 0) is 28.5 Å². The van der Waals surface area contributed by atoms with E-state index in [0.717, 1.165) is 0 Å². The van der Waals surface area contributed by atoms with E-state index in [-0.39, 0.29) is 72.8 Å². The van der Waals surface area contributed by atoms with Gasteiger partial charge in [-0.25, -0.2) is 0 Å². The summed E-state index contributed by atoms with van der Waals surface area (Å²) in [5.41, 5.74) is 1.48. The molecule has 0 unspecified atom stereocenters. The third-order valence-electron chi connectivity index (χ3n) is 7.11. The zero-order chi connectivity index (χ0) is 30.9. The molecule has 8 nitrogen and oxygen atoms in total. The smallest absolute Gasteiger partial charge is 0.313 e. The Morgan fingerprint density at radius 2 is 0.955 bits per heavy atom. The Bertz CT molecular complexity index is 1030. The van der Waals surface area contributed by atoms with Gasteiger partial charge in [0.1, 0.15) is 11.2 Å². The highest BCUT2D eigenvalue weighted by molar-refractivity contribution is 5.85. The highest BCUT2D eigenvalue weighted by atomic mass is 35.5. The summed E-state index contributed by atoms with van der Waals surface area (Å²) in [5.74, 6) is -0.846. The summed E-state index contributed by atoms with van der Waals surface area (Å²) in [5, 5.41) is 6.97. The van der Waals surface area contributed by atoms with E-state index in [1.807, 2.05) is 77.9 Å². The molecule has 4 rings (SSSR count). The van der Waals surface area contributed by atoms with E-state index < -0.39 is 11.2 Å². The fraction of sp³-hybridized carbons (Fsp3) is 0.588. The molecule has 248 valence electrons. The monoisotopic (exact) mass is 654 g/mol. The molecule has 2 aromatic carbocycles. The Balaban J connectivity index is 0.000000421. The Labute approximate surface area is 276 Å². The average Bonchev–Trinajstić information content (AvgIpc) is 3.58. The molecule has 2 saturated heterocycles. The van der Waals surface area contributed by atoms with Crippen molar-refractivity contribution in [2.24, 2.45) is 11.8 Å². The van der Waals surface area contributed by atoms with Gasteiger partial charge >= 0.3 is 11.9 Å². The maximum atomic E-state index is 12.2. The second-order valence-corrected chi connectivity index (χ2v) is 13.2. The molecule has 2 aromatic rings. The minimum atomic E-state index is -0.463. The van der Waals surface area contributed by atoms with Crippen molar-refractivity contribution in [3.05, 3.63) is 71.8 Å². The van der Waals surface area contributed by atoms with Crippen LogP contribution in [0.2, 0.25) is 0 Å². The number of ether oxygens (including phenoxy) is 4. The lowest BCUT2D eigenvalue weighted by Crippen LogP contribution is -2.42. The maximum Gasteiger partial charge on any atom is 0.313 e. The topological polar surface area (TPSA) is 95.1 Å². The maximum absolute atomic E-state index is 12.2.